The fraction of sp³-hybridized carbons (Fsp3) is 0.100. The van der Waals surface area contributed by atoms with Crippen molar-refractivity contribution in [1.29, 1.82) is 0 Å². The zero-order chi connectivity index (χ0) is 11.0. The molecule has 0 atom stereocenters. The quantitative estimate of drug-likeness (QED) is 0.875. The van der Waals surface area contributed by atoms with Crippen LogP contribution in [0.5, 0.6) is 0 Å². The van der Waals surface area contributed by atoms with E-state index < -0.39 is 0 Å². The first-order valence-electron chi connectivity index (χ1n) is 4.33. The van der Waals surface area contributed by atoms with Crippen LogP contribution in [0, 0.1) is 0 Å². The second-order valence-electron chi connectivity index (χ2n) is 3.20. The normalized spacial score (nSPS) is 10.6. The van der Waals surface area contributed by atoms with Crippen LogP contribution in [-0.4, -0.2) is 9.78 Å². The molecule has 2 aromatic rings. The summed E-state index contributed by atoms with van der Waals surface area (Å²) in [6.45, 7) is 0. The Hall–Kier alpha value is -1.00. The molecule has 0 radical (unpaired) electrons. The van der Waals surface area contributed by atoms with E-state index in [9.17, 15) is 0 Å². The first kappa shape index (κ1) is 10.5. The summed E-state index contributed by atoms with van der Waals surface area (Å²) in [4.78, 5) is 0. The summed E-state index contributed by atoms with van der Waals surface area (Å²) in [5.41, 5.74) is 7.47. The third-order valence-corrected chi connectivity index (χ3v) is 3.05. The van der Waals surface area contributed by atoms with Gasteiger partial charge in [0.05, 0.1) is 5.69 Å². The fourth-order valence-corrected chi connectivity index (χ4v) is 1.93. The maximum absolute atomic E-state index is 5.93. The minimum Gasteiger partial charge on any atom is -0.384 e. The van der Waals surface area contributed by atoms with Crippen LogP contribution in [0.25, 0.3) is 11.3 Å². The summed E-state index contributed by atoms with van der Waals surface area (Å²) in [6.07, 6.45) is 0. The molecule has 3 nitrogen and oxygen atoms in total. The molecule has 1 aromatic carbocycles. The van der Waals surface area contributed by atoms with Crippen molar-refractivity contribution < 1.29 is 0 Å². The number of nitrogens with two attached hydrogens (primary N) is 1. The topological polar surface area (TPSA) is 43.8 Å². The number of aromatic nitrogens is 2. The predicted molar refractivity (Wildman–Crippen MR) is 65.8 cm³/mol. The lowest BCUT2D eigenvalue weighted by atomic mass is 10.1. The van der Waals surface area contributed by atoms with Crippen LogP contribution < -0.4 is 5.73 Å². The highest BCUT2D eigenvalue weighted by Gasteiger charge is 2.08. The van der Waals surface area contributed by atoms with Crippen LogP contribution in [0.2, 0.25) is 5.02 Å². The van der Waals surface area contributed by atoms with E-state index in [1.54, 1.807) is 11.7 Å². The summed E-state index contributed by atoms with van der Waals surface area (Å²) >= 11 is 9.38. The van der Waals surface area contributed by atoms with Gasteiger partial charge in [0.15, 0.2) is 0 Å². The second-order valence-corrected chi connectivity index (χ2v) is 4.49. The van der Waals surface area contributed by atoms with E-state index in [0.29, 0.717) is 10.8 Å². The van der Waals surface area contributed by atoms with E-state index in [4.69, 9.17) is 17.3 Å². The molecular weight excluding hydrogens is 277 g/mol. The molecule has 0 aliphatic carbocycles. The van der Waals surface area contributed by atoms with Gasteiger partial charge in [-0.15, -0.1) is 0 Å². The minimum atomic E-state index is 0.622. The molecule has 0 saturated heterocycles. The summed E-state index contributed by atoms with van der Waals surface area (Å²) in [7, 11) is 1.80. The number of halogens is 2. The molecule has 0 fully saturated rings. The van der Waals surface area contributed by atoms with Crippen LogP contribution in [0.3, 0.4) is 0 Å². The Labute approximate surface area is 101 Å². The Bertz CT molecular complexity index is 488. The number of rotatable bonds is 1. The van der Waals surface area contributed by atoms with Crippen molar-refractivity contribution in [3.05, 3.63) is 33.8 Å². The van der Waals surface area contributed by atoms with Crippen LogP contribution in [-0.2, 0) is 7.05 Å². The molecule has 0 bridgehead atoms. The second kappa shape index (κ2) is 3.87. The van der Waals surface area contributed by atoms with Gasteiger partial charge in [-0.05, 0) is 18.2 Å². The van der Waals surface area contributed by atoms with E-state index in [1.165, 1.54) is 0 Å². The van der Waals surface area contributed by atoms with Gasteiger partial charge in [-0.25, -0.2) is 0 Å². The van der Waals surface area contributed by atoms with E-state index in [1.807, 2.05) is 24.3 Å². The lowest BCUT2D eigenvalue weighted by Gasteiger charge is -2.00. The molecule has 2 N–H and O–H groups in total. The number of benzene rings is 1. The van der Waals surface area contributed by atoms with Gasteiger partial charge >= 0.3 is 0 Å². The monoisotopic (exact) mass is 285 g/mol. The van der Waals surface area contributed by atoms with Crippen LogP contribution >= 0.6 is 27.5 Å². The zero-order valence-corrected chi connectivity index (χ0v) is 10.4. The molecule has 0 saturated carbocycles. The number of nitrogens with zero attached hydrogens (tertiary/aromatic N) is 2. The molecular formula is C10H9BrClN3. The van der Waals surface area contributed by atoms with Gasteiger partial charge in [-0.1, -0.05) is 27.5 Å². The average molecular weight is 287 g/mol. The van der Waals surface area contributed by atoms with Crippen LogP contribution in [0.4, 0.5) is 5.82 Å². The van der Waals surface area contributed by atoms with Crippen LogP contribution in [0.15, 0.2) is 28.7 Å². The van der Waals surface area contributed by atoms with Gasteiger partial charge < -0.3 is 5.73 Å². The third-order valence-electron chi connectivity index (χ3n) is 2.12. The van der Waals surface area contributed by atoms with Crippen LogP contribution in [0.1, 0.15) is 0 Å². The number of nitrogen functional groups attached to an aromatic ring is 1. The van der Waals surface area contributed by atoms with Crippen molar-refractivity contribution in [2.45, 2.75) is 0 Å². The highest BCUT2D eigenvalue weighted by atomic mass is 79.9. The van der Waals surface area contributed by atoms with Gasteiger partial charge in [0, 0.05) is 28.2 Å². The van der Waals surface area contributed by atoms with E-state index in [0.717, 1.165) is 15.7 Å². The molecule has 15 heavy (non-hydrogen) atoms. The van der Waals surface area contributed by atoms with Crippen molar-refractivity contribution in [1.82, 2.24) is 9.78 Å². The van der Waals surface area contributed by atoms with E-state index in [2.05, 4.69) is 21.0 Å². The SMILES string of the molecule is Cn1nc(-c2cc(Cl)ccc2Br)cc1N. The predicted octanol–water partition coefficient (Wildman–Crippen LogP) is 3.09. The highest BCUT2D eigenvalue weighted by Crippen LogP contribution is 2.30. The lowest BCUT2D eigenvalue weighted by Crippen LogP contribution is -1.96. The van der Waals surface area contributed by atoms with E-state index in [-0.39, 0.29) is 0 Å². The summed E-state index contributed by atoms with van der Waals surface area (Å²) in [5.74, 6) is 0.622. The maximum Gasteiger partial charge on any atom is 0.121 e. The van der Waals surface area contributed by atoms with Gasteiger partial charge in [0.1, 0.15) is 5.82 Å². The molecule has 2 rings (SSSR count). The Morgan fingerprint density at radius 3 is 2.73 bits per heavy atom. The van der Waals surface area contributed by atoms with Crippen molar-refractivity contribution >= 4 is 33.3 Å². The van der Waals surface area contributed by atoms with E-state index >= 15 is 0 Å². The number of anilines is 1. The van der Waals surface area contributed by atoms with Crippen molar-refractivity contribution in [2.75, 3.05) is 5.73 Å². The molecule has 1 heterocycles. The largest absolute Gasteiger partial charge is 0.384 e. The molecule has 0 unspecified atom stereocenters. The molecule has 0 spiro atoms. The Morgan fingerprint density at radius 1 is 1.40 bits per heavy atom. The molecule has 0 aliphatic rings. The third kappa shape index (κ3) is 2.01. The first-order chi connectivity index (χ1) is 7.08. The smallest absolute Gasteiger partial charge is 0.121 e. The summed E-state index contributed by atoms with van der Waals surface area (Å²) < 4.78 is 2.58. The van der Waals surface area contributed by atoms with Gasteiger partial charge in [0.2, 0.25) is 0 Å². The Morgan fingerprint density at radius 2 is 2.13 bits per heavy atom. The maximum atomic E-state index is 5.93. The highest BCUT2D eigenvalue weighted by molar-refractivity contribution is 9.10. The molecule has 0 aliphatic heterocycles. The zero-order valence-electron chi connectivity index (χ0n) is 8.04. The Balaban J connectivity index is 2.58. The van der Waals surface area contributed by atoms with Gasteiger partial charge in [0.25, 0.3) is 0 Å². The molecule has 5 heteroatoms. The van der Waals surface area contributed by atoms with Crippen molar-refractivity contribution in [2.24, 2.45) is 7.05 Å². The molecule has 1 aromatic heterocycles. The standard InChI is InChI=1S/C10H9BrClN3/c1-15-10(13)5-9(14-15)7-4-6(12)2-3-8(7)11/h2-5H,13H2,1H3. The first-order valence-corrected chi connectivity index (χ1v) is 5.50. The summed E-state index contributed by atoms with van der Waals surface area (Å²) in [5, 5.41) is 4.96. The van der Waals surface area contributed by atoms with Gasteiger partial charge in [-0.2, -0.15) is 5.10 Å². The summed E-state index contributed by atoms with van der Waals surface area (Å²) in [6, 6.07) is 7.38. The number of hydrogen-bond donors (Lipinski definition) is 1. The number of aryl methyl sites for hydroxylation is 1. The van der Waals surface area contributed by atoms with Gasteiger partial charge in [-0.3, -0.25) is 4.68 Å². The molecule has 0 amide bonds. The van der Waals surface area contributed by atoms with Crippen molar-refractivity contribution in [3.8, 4) is 11.3 Å². The molecule has 78 valence electrons. The lowest BCUT2D eigenvalue weighted by molar-refractivity contribution is 0.782. The fourth-order valence-electron chi connectivity index (χ4n) is 1.31. The Kier molecular flexibility index (Phi) is 2.71. The average Bonchev–Trinajstić information content (AvgIpc) is 2.51. The number of hydrogen-bond acceptors (Lipinski definition) is 2. The van der Waals surface area contributed by atoms with Crippen molar-refractivity contribution in [3.63, 3.8) is 0 Å². The minimum absolute atomic E-state index is 0.622.